The van der Waals surface area contributed by atoms with E-state index in [1.54, 1.807) is 0 Å². The molecule has 242 valence electrons. The topological polar surface area (TPSA) is 57.5 Å². The molecule has 0 radical (unpaired) electrons. The molecule has 3 nitrogen and oxygen atoms in total. The Morgan fingerprint density at radius 3 is 0.600 bits per heavy atom. The number of alkyl halides is 1. The third-order valence-corrected chi connectivity index (χ3v) is 9.75. The van der Waals surface area contributed by atoms with Gasteiger partial charge in [-0.05, 0) is 12.8 Å². The second-order valence-corrected chi connectivity index (χ2v) is 14.9. The van der Waals surface area contributed by atoms with Gasteiger partial charge in [0.25, 0.3) is 0 Å². The average Bonchev–Trinajstić information content (AvgIpc) is 2.92. The average molecular weight is 607 g/mol. The minimum atomic E-state index is -3.77. The maximum atomic E-state index is 10.8. The van der Waals surface area contributed by atoms with Crippen LogP contribution in [0.1, 0.15) is 212 Å². The Balaban J connectivity index is 3.04. The van der Waals surface area contributed by atoms with Gasteiger partial charge in [-0.1, -0.05) is 199 Å². The quantitative estimate of drug-likeness (QED) is 0.0428. The molecular formula is C35H72ClO3P. The molecular weight excluding hydrogens is 535 g/mol. The van der Waals surface area contributed by atoms with Crippen LogP contribution in [0.4, 0.5) is 0 Å². The minimum absolute atomic E-state index is 0.0605. The van der Waals surface area contributed by atoms with E-state index in [1.807, 2.05) is 0 Å². The summed E-state index contributed by atoms with van der Waals surface area (Å²) in [6.07, 6.45) is 45.1. The molecule has 0 rings (SSSR count). The normalized spacial score (nSPS) is 12.0. The summed E-state index contributed by atoms with van der Waals surface area (Å²) in [4.78, 5) is 17.7. The second-order valence-electron chi connectivity index (χ2n) is 12.7. The minimum Gasteiger partial charge on any atom is -0.324 e. The van der Waals surface area contributed by atoms with Crippen molar-refractivity contribution in [2.75, 3.05) is 12.0 Å². The van der Waals surface area contributed by atoms with E-state index in [9.17, 15) is 4.57 Å². The highest BCUT2D eigenvalue weighted by molar-refractivity contribution is 7.51. The van der Waals surface area contributed by atoms with Crippen molar-refractivity contribution in [2.45, 2.75) is 212 Å². The van der Waals surface area contributed by atoms with Crippen LogP contribution in [0.2, 0.25) is 0 Å². The van der Waals surface area contributed by atoms with Crippen molar-refractivity contribution in [1.82, 2.24) is 0 Å². The van der Waals surface area contributed by atoms with E-state index in [0.717, 1.165) is 18.7 Å². The molecule has 0 bridgehead atoms. The zero-order valence-electron chi connectivity index (χ0n) is 26.9. The zero-order valence-corrected chi connectivity index (χ0v) is 28.5. The third-order valence-electron chi connectivity index (χ3n) is 8.58. The molecule has 0 amide bonds. The summed E-state index contributed by atoms with van der Waals surface area (Å²) in [5.74, 6) is 0.837. The SMILES string of the molecule is O=P(O)(O)CCCCCCCCCCCCCCCCCCCCCCCCCCCCCCCCCCCCl. The van der Waals surface area contributed by atoms with Crippen LogP contribution in [0.15, 0.2) is 0 Å². The van der Waals surface area contributed by atoms with Gasteiger partial charge >= 0.3 is 7.60 Å². The molecule has 0 aromatic heterocycles. The molecule has 5 heteroatoms. The first-order chi connectivity index (χ1) is 19.6. The van der Waals surface area contributed by atoms with Gasteiger partial charge in [-0.2, -0.15) is 0 Å². The largest absolute Gasteiger partial charge is 0.325 e. The lowest BCUT2D eigenvalue weighted by molar-refractivity contribution is 0.370. The lowest BCUT2D eigenvalue weighted by atomic mass is 10.0. The summed E-state index contributed by atoms with van der Waals surface area (Å²) in [5, 5.41) is 0. The molecule has 0 atom stereocenters. The molecule has 0 heterocycles. The fraction of sp³-hybridized carbons (Fsp3) is 1.00. The van der Waals surface area contributed by atoms with Gasteiger partial charge in [0, 0.05) is 12.0 Å². The first-order valence-electron chi connectivity index (χ1n) is 18.2. The van der Waals surface area contributed by atoms with Gasteiger partial charge in [-0.3, -0.25) is 4.57 Å². The van der Waals surface area contributed by atoms with E-state index in [2.05, 4.69) is 0 Å². The van der Waals surface area contributed by atoms with Crippen LogP contribution in [-0.4, -0.2) is 21.8 Å². The molecule has 40 heavy (non-hydrogen) atoms. The van der Waals surface area contributed by atoms with Gasteiger partial charge in [0.2, 0.25) is 0 Å². The van der Waals surface area contributed by atoms with Gasteiger partial charge < -0.3 is 9.79 Å². The fourth-order valence-electron chi connectivity index (χ4n) is 5.89. The molecule has 0 fully saturated rings. The summed E-state index contributed by atoms with van der Waals surface area (Å²) in [6.45, 7) is 0. The maximum absolute atomic E-state index is 10.8. The van der Waals surface area contributed by atoms with E-state index in [1.165, 1.54) is 193 Å². The molecule has 0 saturated heterocycles. The van der Waals surface area contributed by atoms with E-state index in [4.69, 9.17) is 21.4 Å². The Morgan fingerprint density at radius 2 is 0.450 bits per heavy atom. The Bertz CT molecular complexity index is 511. The van der Waals surface area contributed by atoms with Crippen molar-refractivity contribution in [1.29, 1.82) is 0 Å². The summed E-state index contributed by atoms with van der Waals surface area (Å²) in [5.41, 5.74) is 0. The lowest BCUT2D eigenvalue weighted by Crippen LogP contribution is -1.88. The molecule has 0 aliphatic heterocycles. The van der Waals surface area contributed by atoms with Crippen molar-refractivity contribution in [3.63, 3.8) is 0 Å². The number of hydrogen-bond acceptors (Lipinski definition) is 1. The monoisotopic (exact) mass is 606 g/mol. The molecule has 0 spiro atoms. The predicted octanol–water partition coefficient (Wildman–Crippen LogP) is 13.3. The summed E-state index contributed by atoms with van der Waals surface area (Å²) in [6, 6.07) is 0. The van der Waals surface area contributed by atoms with Gasteiger partial charge in [0.1, 0.15) is 0 Å². The van der Waals surface area contributed by atoms with Crippen molar-refractivity contribution in [2.24, 2.45) is 0 Å². The standard InChI is InChI=1S/C35H72ClO3P/c36-34-32-30-28-26-24-22-20-18-16-14-12-10-8-6-4-2-1-3-5-7-9-11-13-15-17-19-21-23-25-27-29-31-33-35-40(37,38)39/h1-35H2,(H2,37,38,39). The number of unbranched alkanes of at least 4 members (excludes halogenated alkanes) is 32. The molecule has 0 aromatic carbocycles. The van der Waals surface area contributed by atoms with Crippen molar-refractivity contribution in [3.05, 3.63) is 0 Å². The van der Waals surface area contributed by atoms with Crippen LogP contribution in [0.3, 0.4) is 0 Å². The van der Waals surface area contributed by atoms with Crippen molar-refractivity contribution in [3.8, 4) is 0 Å². The third kappa shape index (κ3) is 38.4. The van der Waals surface area contributed by atoms with Crippen LogP contribution < -0.4 is 0 Å². The Labute approximate surface area is 257 Å². The summed E-state index contributed by atoms with van der Waals surface area (Å²) < 4.78 is 10.8. The first kappa shape index (κ1) is 40.4. The zero-order chi connectivity index (χ0) is 29.2. The van der Waals surface area contributed by atoms with Gasteiger partial charge in [-0.25, -0.2) is 0 Å². The summed E-state index contributed by atoms with van der Waals surface area (Å²) >= 11 is 5.72. The number of hydrogen-bond donors (Lipinski definition) is 2. The number of halogens is 1. The fourth-order valence-corrected chi connectivity index (χ4v) is 6.72. The highest BCUT2D eigenvalue weighted by atomic mass is 35.5. The predicted molar refractivity (Wildman–Crippen MR) is 180 cm³/mol. The highest BCUT2D eigenvalue weighted by Crippen LogP contribution is 2.35. The molecule has 0 aliphatic carbocycles. The van der Waals surface area contributed by atoms with Crippen LogP contribution >= 0.6 is 19.2 Å². The van der Waals surface area contributed by atoms with E-state index >= 15 is 0 Å². The first-order valence-corrected chi connectivity index (χ1v) is 20.5. The van der Waals surface area contributed by atoms with E-state index in [0.29, 0.717) is 6.42 Å². The lowest BCUT2D eigenvalue weighted by Gasteiger charge is -2.05. The van der Waals surface area contributed by atoms with Gasteiger partial charge in [0.05, 0.1) is 0 Å². The van der Waals surface area contributed by atoms with Crippen molar-refractivity contribution < 1.29 is 14.4 Å². The van der Waals surface area contributed by atoms with Crippen molar-refractivity contribution >= 4 is 19.2 Å². The number of rotatable bonds is 35. The molecule has 0 aliphatic rings. The smallest absolute Gasteiger partial charge is 0.324 e. The Hall–Kier alpha value is 0.440. The van der Waals surface area contributed by atoms with Gasteiger partial charge in [0.15, 0.2) is 0 Å². The molecule has 2 N–H and O–H groups in total. The van der Waals surface area contributed by atoms with Crippen LogP contribution in [0.5, 0.6) is 0 Å². The van der Waals surface area contributed by atoms with Crippen LogP contribution in [-0.2, 0) is 4.57 Å². The highest BCUT2D eigenvalue weighted by Gasteiger charge is 2.10. The molecule has 0 aromatic rings. The summed E-state index contributed by atoms with van der Waals surface area (Å²) in [7, 11) is -3.77. The molecule has 0 unspecified atom stereocenters. The maximum Gasteiger partial charge on any atom is 0.325 e. The van der Waals surface area contributed by atoms with Gasteiger partial charge in [-0.15, -0.1) is 11.6 Å². The second kappa shape index (κ2) is 33.9. The van der Waals surface area contributed by atoms with E-state index in [-0.39, 0.29) is 6.16 Å². The van der Waals surface area contributed by atoms with E-state index < -0.39 is 7.60 Å². The Morgan fingerprint density at radius 1 is 0.300 bits per heavy atom. The Kier molecular flexibility index (Phi) is 34.3. The van der Waals surface area contributed by atoms with Crippen LogP contribution in [0, 0.1) is 0 Å². The molecule has 0 saturated carbocycles. The van der Waals surface area contributed by atoms with Crippen LogP contribution in [0.25, 0.3) is 0 Å².